The van der Waals surface area contributed by atoms with E-state index >= 15 is 0 Å². The first kappa shape index (κ1) is 16.8. The topological polar surface area (TPSA) is 116 Å². The summed E-state index contributed by atoms with van der Waals surface area (Å²) in [7, 11) is -2.24. The summed E-state index contributed by atoms with van der Waals surface area (Å²) in [5, 5.41) is 36.6. The quantitative estimate of drug-likeness (QED) is 0.298. The monoisotopic (exact) mass is 403 g/mol. The maximum absolute atomic E-state index is 4.28. The van der Waals surface area contributed by atoms with Gasteiger partial charge in [-0.05, 0) is 28.5 Å². The van der Waals surface area contributed by atoms with Crippen LogP contribution in [0.4, 0.5) is 0 Å². The van der Waals surface area contributed by atoms with Gasteiger partial charge in [-0.2, -0.15) is 0 Å². The van der Waals surface area contributed by atoms with Crippen LogP contribution in [-0.2, 0) is 0 Å². The van der Waals surface area contributed by atoms with Gasteiger partial charge in [0.15, 0.2) is 7.26 Å². The maximum Gasteiger partial charge on any atom is 0.219 e. The first-order chi connectivity index (χ1) is 11.9. The van der Waals surface area contributed by atoms with Crippen LogP contribution in [0.2, 0.25) is 0 Å². The molecule has 0 radical (unpaired) electrons. The third-order valence-electron chi connectivity index (χ3n) is 3.52. The molecule has 0 amide bonds. The zero-order valence-electron chi connectivity index (χ0n) is 12.6. The minimum absolute atomic E-state index is 0.799. The summed E-state index contributed by atoms with van der Waals surface area (Å²) in [6.07, 6.45) is 7.71. The zero-order chi connectivity index (χ0) is 16.7. The van der Waals surface area contributed by atoms with E-state index in [1.165, 1.54) is 0 Å². The Morgan fingerprint density at radius 3 is 1.50 bits per heavy atom. The van der Waals surface area contributed by atoms with E-state index in [2.05, 4.69) is 62.2 Å². The smallest absolute Gasteiger partial charge is 0.138 e. The largest absolute Gasteiger partial charge is 0.219 e. The fourth-order valence-electron chi connectivity index (χ4n) is 2.45. The average molecular weight is 403 g/mol. The average Bonchev–Trinajstić information content (AvgIpc) is 2.68. The standard InChI is InChI=1S/C13H14BrN9P/c14-6-1-2-10-24(11-3-7-15-21-18-11,12-4-8-16-22-19-12)13-5-9-17-23-20-13/h3-5,7-9H,1-2,6,10H2/q+1/i14-4. The molecule has 24 heavy (non-hydrogen) atoms. The molecule has 0 saturated carbocycles. The van der Waals surface area contributed by atoms with E-state index in [-0.39, 0.29) is 0 Å². The highest BCUT2D eigenvalue weighted by molar-refractivity contribution is 9.09. The fourth-order valence-corrected chi connectivity index (χ4v) is 6.48. The molecule has 0 atom stereocenters. The number of halogens is 1. The van der Waals surface area contributed by atoms with Crippen LogP contribution in [-0.4, -0.2) is 57.7 Å². The lowest BCUT2D eigenvalue weighted by Crippen LogP contribution is -2.39. The van der Waals surface area contributed by atoms with Crippen molar-refractivity contribution in [1.82, 2.24) is 46.2 Å². The minimum atomic E-state index is -2.24. The lowest BCUT2D eigenvalue weighted by atomic mass is 10.4. The number of unbranched alkanes of at least 4 members (excludes halogenated alkanes) is 1. The second-order valence-corrected chi connectivity index (χ2v) is 9.10. The first-order valence-corrected chi connectivity index (χ1v) is 10.4. The Hall–Kier alpha value is -2.06. The van der Waals surface area contributed by atoms with Crippen molar-refractivity contribution in [3.8, 4) is 0 Å². The molecule has 0 fully saturated rings. The Labute approximate surface area is 147 Å². The summed E-state index contributed by atoms with van der Waals surface area (Å²) in [4.78, 5) is 0. The maximum atomic E-state index is 4.28. The molecule has 0 aliphatic carbocycles. The molecule has 3 aromatic rings. The molecule has 0 aliphatic rings. The normalized spacial score (nSPS) is 11.4. The van der Waals surface area contributed by atoms with Crippen molar-refractivity contribution in [1.29, 1.82) is 0 Å². The molecule has 0 bridgehead atoms. The molecule has 122 valence electrons. The van der Waals surface area contributed by atoms with Gasteiger partial charge in [-0.25, -0.2) is 0 Å². The summed E-state index contributed by atoms with van der Waals surface area (Å²) in [6, 6.07) is 5.58. The predicted octanol–water partition coefficient (Wildman–Crippen LogP) is -0.289. The van der Waals surface area contributed by atoms with Crippen molar-refractivity contribution < 1.29 is 0 Å². The molecule has 0 spiro atoms. The number of hydrogen-bond acceptors (Lipinski definition) is 9. The lowest BCUT2D eigenvalue weighted by Gasteiger charge is -2.21. The number of rotatable bonds is 7. The predicted molar refractivity (Wildman–Crippen MR) is 93.2 cm³/mol. The van der Waals surface area contributed by atoms with Gasteiger partial charge in [-0.15, -0.1) is 15.3 Å². The Balaban J connectivity index is 2.20. The Bertz CT molecular complexity index is 650. The van der Waals surface area contributed by atoms with Gasteiger partial charge in [0.05, 0.1) is 24.8 Å². The van der Waals surface area contributed by atoms with E-state index in [1.807, 2.05) is 18.2 Å². The second kappa shape index (κ2) is 8.16. The van der Waals surface area contributed by atoms with E-state index in [9.17, 15) is 0 Å². The van der Waals surface area contributed by atoms with Crippen LogP contribution >= 0.6 is 23.2 Å². The van der Waals surface area contributed by atoms with E-state index in [1.54, 1.807) is 18.6 Å². The number of hydrogen-bond donors (Lipinski definition) is 0. The summed E-state index contributed by atoms with van der Waals surface area (Å²) < 4.78 is 0. The third kappa shape index (κ3) is 3.39. The molecule has 3 rings (SSSR count). The molecule has 0 unspecified atom stereocenters. The van der Waals surface area contributed by atoms with Gasteiger partial charge in [0.25, 0.3) is 0 Å². The molecular weight excluding hydrogens is 389 g/mol. The summed E-state index contributed by atoms with van der Waals surface area (Å²) in [5.41, 5.74) is 2.40. The van der Waals surface area contributed by atoms with Gasteiger partial charge >= 0.3 is 0 Å². The summed E-state index contributed by atoms with van der Waals surface area (Å²) in [5.74, 6) is 0. The SMILES string of the molecule is [76Br]CCCC[P+](c1ccnnn1)(c1ccnnn1)c1ccnnn1. The molecule has 0 N–H and O–H groups in total. The molecule has 9 nitrogen and oxygen atoms in total. The van der Waals surface area contributed by atoms with Crippen LogP contribution in [0.25, 0.3) is 0 Å². The third-order valence-corrected chi connectivity index (χ3v) is 8.13. The molecule has 0 saturated heterocycles. The van der Waals surface area contributed by atoms with Gasteiger partial charge in [0, 0.05) is 23.5 Å². The number of aromatic nitrogens is 9. The van der Waals surface area contributed by atoms with E-state index in [0.717, 1.165) is 40.6 Å². The van der Waals surface area contributed by atoms with Crippen LogP contribution in [0.15, 0.2) is 36.8 Å². The Kier molecular flexibility index (Phi) is 5.71. The van der Waals surface area contributed by atoms with E-state index in [4.69, 9.17) is 0 Å². The minimum Gasteiger partial charge on any atom is -0.138 e. The van der Waals surface area contributed by atoms with Crippen LogP contribution in [0.5, 0.6) is 0 Å². The first-order valence-electron chi connectivity index (χ1n) is 7.27. The molecule has 11 heteroatoms. The van der Waals surface area contributed by atoms with Crippen molar-refractivity contribution in [2.45, 2.75) is 12.8 Å². The van der Waals surface area contributed by atoms with E-state index < -0.39 is 7.26 Å². The summed E-state index contributed by atoms with van der Waals surface area (Å²) >= 11 is 3.48. The van der Waals surface area contributed by atoms with Crippen molar-refractivity contribution in [2.75, 3.05) is 11.5 Å². The molecule has 3 aromatic heterocycles. The lowest BCUT2D eigenvalue weighted by molar-refractivity contribution is 0.862. The molecule has 0 aromatic carbocycles. The number of alkyl halides is 1. The summed E-state index contributed by atoms with van der Waals surface area (Å²) in [6.45, 7) is 0. The fraction of sp³-hybridized carbons (Fsp3) is 0.308. The van der Waals surface area contributed by atoms with Gasteiger partial charge in [-0.3, -0.25) is 0 Å². The van der Waals surface area contributed by atoms with Crippen LogP contribution in [0, 0.1) is 0 Å². The second-order valence-electron chi connectivity index (χ2n) is 4.87. The highest BCUT2D eigenvalue weighted by atomic mass is 75.9. The van der Waals surface area contributed by atoms with Crippen molar-refractivity contribution >= 4 is 39.5 Å². The van der Waals surface area contributed by atoms with Crippen LogP contribution < -0.4 is 16.3 Å². The zero-order valence-corrected chi connectivity index (χ0v) is 15.1. The van der Waals surface area contributed by atoms with Crippen molar-refractivity contribution in [3.05, 3.63) is 36.8 Å². The van der Waals surface area contributed by atoms with Crippen molar-refractivity contribution in [3.63, 3.8) is 0 Å². The van der Waals surface area contributed by atoms with Gasteiger partial charge in [0.2, 0.25) is 16.3 Å². The molecule has 0 aliphatic heterocycles. The highest BCUT2D eigenvalue weighted by Crippen LogP contribution is 2.53. The van der Waals surface area contributed by atoms with Crippen molar-refractivity contribution in [2.24, 2.45) is 0 Å². The van der Waals surface area contributed by atoms with Gasteiger partial charge in [0.1, 0.15) is 0 Å². The Morgan fingerprint density at radius 2 is 1.17 bits per heavy atom. The van der Waals surface area contributed by atoms with Crippen LogP contribution in [0.3, 0.4) is 0 Å². The Morgan fingerprint density at radius 1 is 0.708 bits per heavy atom. The van der Waals surface area contributed by atoms with Gasteiger partial charge < -0.3 is 0 Å². The van der Waals surface area contributed by atoms with Crippen LogP contribution in [0.1, 0.15) is 12.8 Å². The molecule has 3 heterocycles. The molecular formula is C13H14BrN9P+. The van der Waals surface area contributed by atoms with E-state index in [0.29, 0.717) is 0 Å². The van der Waals surface area contributed by atoms with Gasteiger partial charge in [-0.1, -0.05) is 31.2 Å². The highest BCUT2D eigenvalue weighted by Gasteiger charge is 2.50. The number of nitrogens with zero attached hydrogens (tertiary/aromatic N) is 9.